The van der Waals surface area contributed by atoms with E-state index in [1.807, 2.05) is 7.05 Å². The van der Waals surface area contributed by atoms with E-state index in [-0.39, 0.29) is 12.1 Å². The molecule has 2 aliphatic carbocycles. The number of hydrogen-bond donors (Lipinski definition) is 2. The SMILES string of the molecule is CNC1(CO)CCC(OC2CCC(C)C(C)C2)C1. The summed E-state index contributed by atoms with van der Waals surface area (Å²) in [6.07, 6.45) is 7.60. The normalized spacial score (nSPS) is 45.3. The van der Waals surface area contributed by atoms with Gasteiger partial charge in [0.25, 0.3) is 0 Å². The van der Waals surface area contributed by atoms with Crippen molar-refractivity contribution in [2.24, 2.45) is 11.8 Å². The summed E-state index contributed by atoms with van der Waals surface area (Å²) in [5.41, 5.74) is -0.0851. The molecule has 0 aromatic heterocycles. The van der Waals surface area contributed by atoms with Gasteiger partial charge in [0.2, 0.25) is 0 Å². The molecule has 106 valence electrons. The molecule has 0 heterocycles. The Kier molecular flexibility index (Phi) is 4.68. The van der Waals surface area contributed by atoms with Gasteiger partial charge in [-0.1, -0.05) is 13.8 Å². The van der Waals surface area contributed by atoms with E-state index in [0.29, 0.717) is 12.2 Å². The summed E-state index contributed by atoms with van der Waals surface area (Å²) >= 11 is 0. The molecule has 2 aliphatic rings. The molecule has 2 saturated carbocycles. The highest BCUT2D eigenvalue weighted by molar-refractivity contribution is 4.96. The van der Waals surface area contributed by atoms with Crippen molar-refractivity contribution in [1.29, 1.82) is 0 Å². The molecule has 3 nitrogen and oxygen atoms in total. The highest BCUT2D eigenvalue weighted by Gasteiger charge is 2.39. The number of aliphatic hydroxyl groups is 1. The predicted octanol–water partition coefficient (Wildman–Crippen LogP) is 2.33. The van der Waals surface area contributed by atoms with Crippen LogP contribution in [0.25, 0.3) is 0 Å². The quantitative estimate of drug-likeness (QED) is 0.810. The van der Waals surface area contributed by atoms with Gasteiger partial charge in [-0.05, 0) is 57.4 Å². The van der Waals surface area contributed by atoms with Crippen LogP contribution in [0.5, 0.6) is 0 Å². The van der Waals surface area contributed by atoms with E-state index < -0.39 is 0 Å². The second-order valence-corrected chi connectivity index (χ2v) is 6.58. The zero-order valence-corrected chi connectivity index (χ0v) is 12.1. The lowest BCUT2D eigenvalue weighted by Gasteiger charge is -2.34. The molecule has 0 radical (unpaired) electrons. The van der Waals surface area contributed by atoms with Crippen molar-refractivity contribution in [3.63, 3.8) is 0 Å². The Hall–Kier alpha value is -0.120. The highest BCUT2D eigenvalue weighted by atomic mass is 16.5. The van der Waals surface area contributed by atoms with Gasteiger partial charge in [-0.25, -0.2) is 0 Å². The summed E-state index contributed by atoms with van der Waals surface area (Å²) in [5, 5.41) is 12.8. The molecule has 0 spiro atoms. The third-order valence-electron chi connectivity index (χ3n) is 5.33. The van der Waals surface area contributed by atoms with Gasteiger partial charge in [0, 0.05) is 5.54 Å². The van der Waals surface area contributed by atoms with Crippen LogP contribution in [0.15, 0.2) is 0 Å². The van der Waals surface area contributed by atoms with Gasteiger partial charge in [0.05, 0.1) is 18.8 Å². The number of aliphatic hydroxyl groups excluding tert-OH is 1. The number of ether oxygens (including phenoxy) is 1. The summed E-state index contributed by atoms with van der Waals surface area (Å²) < 4.78 is 6.28. The van der Waals surface area contributed by atoms with Crippen molar-refractivity contribution in [2.45, 2.75) is 70.1 Å². The van der Waals surface area contributed by atoms with Gasteiger partial charge in [0.1, 0.15) is 0 Å². The van der Waals surface area contributed by atoms with Crippen LogP contribution in [0.3, 0.4) is 0 Å². The number of nitrogens with one attached hydrogen (secondary N) is 1. The molecule has 0 saturated heterocycles. The van der Waals surface area contributed by atoms with Crippen LogP contribution in [0, 0.1) is 11.8 Å². The maximum absolute atomic E-state index is 9.50. The monoisotopic (exact) mass is 255 g/mol. The van der Waals surface area contributed by atoms with Crippen LogP contribution in [0.1, 0.15) is 52.4 Å². The molecule has 5 unspecified atom stereocenters. The maximum atomic E-state index is 9.50. The molecule has 2 rings (SSSR count). The first-order chi connectivity index (χ1) is 8.58. The maximum Gasteiger partial charge on any atom is 0.0614 e. The van der Waals surface area contributed by atoms with Gasteiger partial charge < -0.3 is 15.2 Å². The van der Waals surface area contributed by atoms with Crippen molar-refractivity contribution in [3.8, 4) is 0 Å². The fourth-order valence-corrected chi connectivity index (χ4v) is 3.54. The largest absolute Gasteiger partial charge is 0.394 e. The minimum absolute atomic E-state index is 0.0851. The molecule has 18 heavy (non-hydrogen) atoms. The lowest BCUT2D eigenvalue weighted by atomic mass is 9.80. The summed E-state index contributed by atoms with van der Waals surface area (Å²) in [7, 11) is 1.95. The van der Waals surface area contributed by atoms with Gasteiger partial charge in [0.15, 0.2) is 0 Å². The van der Waals surface area contributed by atoms with E-state index >= 15 is 0 Å². The van der Waals surface area contributed by atoms with E-state index in [1.54, 1.807) is 0 Å². The minimum atomic E-state index is -0.0851. The van der Waals surface area contributed by atoms with E-state index in [1.165, 1.54) is 19.3 Å². The highest BCUT2D eigenvalue weighted by Crippen LogP contribution is 2.36. The standard InChI is InChI=1S/C15H29NO2/c1-11-4-5-13(8-12(11)2)18-14-6-7-15(9-14,10-17)16-3/h11-14,16-17H,4-10H2,1-3H3. The van der Waals surface area contributed by atoms with Crippen LogP contribution in [-0.2, 0) is 4.74 Å². The van der Waals surface area contributed by atoms with Crippen molar-refractivity contribution in [2.75, 3.05) is 13.7 Å². The average Bonchev–Trinajstić information content (AvgIpc) is 2.78. The summed E-state index contributed by atoms with van der Waals surface area (Å²) in [5.74, 6) is 1.64. The van der Waals surface area contributed by atoms with Crippen LogP contribution >= 0.6 is 0 Å². The molecule has 5 atom stereocenters. The zero-order chi connectivity index (χ0) is 13.2. The number of hydrogen-bond acceptors (Lipinski definition) is 3. The number of likely N-dealkylation sites (N-methyl/N-ethyl adjacent to an activating group) is 1. The zero-order valence-electron chi connectivity index (χ0n) is 12.1. The van der Waals surface area contributed by atoms with Crippen molar-refractivity contribution >= 4 is 0 Å². The summed E-state index contributed by atoms with van der Waals surface area (Å²) in [6, 6.07) is 0. The Balaban J connectivity index is 1.81. The van der Waals surface area contributed by atoms with Crippen molar-refractivity contribution in [3.05, 3.63) is 0 Å². The fraction of sp³-hybridized carbons (Fsp3) is 1.00. The molecule has 0 amide bonds. The first kappa shape index (κ1) is 14.3. The predicted molar refractivity (Wildman–Crippen MR) is 73.6 cm³/mol. The first-order valence-electron chi connectivity index (χ1n) is 7.54. The molecular formula is C15H29NO2. The Morgan fingerprint density at radius 3 is 2.50 bits per heavy atom. The Morgan fingerprint density at radius 1 is 1.17 bits per heavy atom. The summed E-state index contributed by atoms with van der Waals surface area (Å²) in [4.78, 5) is 0. The molecular weight excluding hydrogens is 226 g/mol. The smallest absolute Gasteiger partial charge is 0.0614 e. The second kappa shape index (κ2) is 5.89. The van der Waals surface area contributed by atoms with Gasteiger partial charge >= 0.3 is 0 Å². The molecule has 2 N–H and O–H groups in total. The summed E-state index contributed by atoms with van der Waals surface area (Å²) in [6.45, 7) is 4.93. The fourth-order valence-electron chi connectivity index (χ4n) is 3.54. The Morgan fingerprint density at radius 2 is 1.94 bits per heavy atom. The van der Waals surface area contributed by atoms with Gasteiger partial charge in [-0.2, -0.15) is 0 Å². The van der Waals surface area contributed by atoms with Gasteiger partial charge in [-0.3, -0.25) is 0 Å². The second-order valence-electron chi connectivity index (χ2n) is 6.58. The Labute approximate surface area is 111 Å². The van der Waals surface area contributed by atoms with Crippen LogP contribution in [0.4, 0.5) is 0 Å². The van der Waals surface area contributed by atoms with E-state index in [4.69, 9.17) is 4.74 Å². The average molecular weight is 255 g/mol. The topological polar surface area (TPSA) is 41.5 Å². The van der Waals surface area contributed by atoms with Crippen LogP contribution in [-0.4, -0.2) is 36.5 Å². The lowest BCUT2D eigenvalue weighted by Crippen LogP contribution is -2.44. The molecule has 2 fully saturated rings. The molecule has 0 aromatic carbocycles. The van der Waals surface area contributed by atoms with E-state index in [2.05, 4.69) is 19.2 Å². The van der Waals surface area contributed by atoms with Gasteiger partial charge in [-0.15, -0.1) is 0 Å². The molecule has 3 heteroatoms. The minimum Gasteiger partial charge on any atom is -0.394 e. The van der Waals surface area contributed by atoms with Crippen LogP contribution in [0.2, 0.25) is 0 Å². The first-order valence-corrected chi connectivity index (χ1v) is 7.54. The van der Waals surface area contributed by atoms with E-state index in [9.17, 15) is 5.11 Å². The van der Waals surface area contributed by atoms with Crippen LogP contribution < -0.4 is 5.32 Å². The Bertz CT molecular complexity index is 265. The number of rotatable bonds is 4. The molecule has 0 aliphatic heterocycles. The molecule has 0 aromatic rings. The van der Waals surface area contributed by atoms with Crippen molar-refractivity contribution < 1.29 is 9.84 Å². The lowest BCUT2D eigenvalue weighted by molar-refractivity contribution is -0.0476. The third-order valence-corrected chi connectivity index (χ3v) is 5.33. The third kappa shape index (κ3) is 3.06. The molecule has 0 bridgehead atoms. The van der Waals surface area contributed by atoms with E-state index in [0.717, 1.165) is 31.1 Å². The van der Waals surface area contributed by atoms with Crippen molar-refractivity contribution in [1.82, 2.24) is 5.32 Å².